The fourth-order valence-corrected chi connectivity index (χ4v) is 1.56. The topological polar surface area (TPSA) is 55.1 Å². The molecule has 0 aliphatic rings. The number of aromatic nitrogens is 2. The second kappa shape index (κ2) is 3.75. The summed E-state index contributed by atoms with van der Waals surface area (Å²) in [5.41, 5.74) is -3.14. The van der Waals surface area contributed by atoms with Gasteiger partial charge in [-0.05, 0) is 0 Å². The predicted molar refractivity (Wildman–Crippen MR) is 53.9 cm³/mol. The molecule has 4 nitrogen and oxygen atoms in total. The summed E-state index contributed by atoms with van der Waals surface area (Å²) >= 11 is 0. The van der Waals surface area contributed by atoms with Crippen LogP contribution in [0.4, 0.5) is 13.2 Å². The van der Waals surface area contributed by atoms with E-state index in [2.05, 4.69) is 5.10 Å². The highest BCUT2D eigenvalue weighted by Crippen LogP contribution is 2.39. The van der Waals surface area contributed by atoms with Gasteiger partial charge in [-0.25, -0.2) is 4.79 Å². The van der Waals surface area contributed by atoms with Crippen LogP contribution in [0.5, 0.6) is 0 Å². The SMILES string of the molecule is Cn1nc(C(C)(C)C)c(C(F)(F)F)c1C(=O)O. The van der Waals surface area contributed by atoms with Gasteiger partial charge in [-0.15, -0.1) is 0 Å². The number of aromatic carboxylic acids is 1. The van der Waals surface area contributed by atoms with Gasteiger partial charge in [-0.2, -0.15) is 18.3 Å². The molecule has 0 fully saturated rings. The van der Waals surface area contributed by atoms with E-state index in [0.717, 1.165) is 4.68 Å². The largest absolute Gasteiger partial charge is 0.477 e. The number of nitrogens with zero attached hydrogens (tertiary/aromatic N) is 2. The predicted octanol–water partition coefficient (Wildman–Crippen LogP) is 2.43. The first-order chi connectivity index (χ1) is 7.46. The van der Waals surface area contributed by atoms with Crippen molar-refractivity contribution >= 4 is 5.97 Å². The highest BCUT2D eigenvalue weighted by atomic mass is 19.4. The molecule has 0 spiro atoms. The quantitative estimate of drug-likeness (QED) is 0.832. The van der Waals surface area contributed by atoms with Crippen LogP contribution in [0.25, 0.3) is 0 Å². The Morgan fingerprint density at radius 2 is 1.76 bits per heavy atom. The van der Waals surface area contributed by atoms with Crippen molar-refractivity contribution in [2.45, 2.75) is 32.4 Å². The third kappa shape index (κ3) is 2.42. The van der Waals surface area contributed by atoms with Crippen LogP contribution in [-0.2, 0) is 18.6 Å². The first-order valence-corrected chi connectivity index (χ1v) is 4.84. The molecule has 0 radical (unpaired) electrons. The standard InChI is InChI=1S/C10H13F3N2O2/c1-9(2,3)7-5(10(11,12)13)6(8(16)17)15(4)14-7/h1-4H3,(H,16,17). The number of aryl methyl sites for hydroxylation is 1. The average Bonchev–Trinajstić information content (AvgIpc) is 2.40. The molecule has 96 valence electrons. The number of halogens is 3. The van der Waals surface area contributed by atoms with Crippen LogP contribution in [0.15, 0.2) is 0 Å². The molecule has 0 atom stereocenters. The second-order valence-electron chi connectivity index (χ2n) is 4.75. The van der Waals surface area contributed by atoms with Gasteiger partial charge in [0, 0.05) is 12.5 Å². The molecular formula is C10H13F3N2O2. The molecule has 1 rings (SSSR count). The summed E-state index contributed by atoms with van der Waals surface area (Å²) in [5, 5.41) is 12.5. The summed E-state index contributed by atoms with van der Waals surface area (Å²) in [4.78, 5) is 10.9. The maximum absolute atomic E-state index is 12.9. The number of rotatable bonds is 1. The molecule has 0 aromatic carbocycles. The number of hydrogen-bond donors (Lipinski definition) is 1. The summed E-state index contributed by atoms with van der Waals surface area (Å²) in [6.45, 7) is 4.66. The first kappa shape index (κ1) is 13.5. The van der Waals surface area contributed by atoms with Crippen molar-refractivity contribution in [3.05, 3.63) is 17.0 Å². The molecule has 1 aromatic rings. The average molecular weight is 250 g/mol. The zero-order chi connectivity index (χ0) is 13.6. The van der Waals surface area contributed by atoms with E-state index in [1.54, 1.807) is 20.8 Å². The monoisotopic (exact) mass is 250 g/mol. The number of alkyl halides is 3. The van der Waals surface area contributed by atoms with Crippen LogP contribution in [0.1, 0.15) is 42.5 Å². The molecule has 1 aromatic heterocycles. The van der Waals surface area contributed by atoms with E-state index in [1.807, 2.05) is 0 Å². The van der Waals surface area contributed by atoms with Crippen LogP contribution in [0.2, 0.25) is 0 Å². The van der Waals surface area contributed by atoms with Gasteiger partial charge in [0.1, 0.15) is 5.56 Å². The highest BCUT2D eigenvalue weighted by Gasteiger charge is 2.44. The van der Waals surface area contributed by atoms with Gasteiger partial charge in [0.15, 0.2) is 5.69 Å². The van der Waals surface area contributed by atoms with Gasteiger partial charge in [-0.1, -0.05) is 20.8 Å². The lowest BCUT2D eigenvalue weighted by atomic mass is 9.88. The summed E-state index contributed by atoms with van der Waals surface area (Å²) in [6.07, 6.45) is -4.73. The Morgan fingerprint density at radius 1 is 1.29 bits per heavy atom. The minimum absolute atomic E-state index is 0.259. The molecule has 0 saturated heterocycles. The van der Waals surface area contributed by atoms with Gasteiger partial charge in [-0.3, -0.25) is 4.68 Å². The zero-order valence-electron chi connectivity index (χ0n) is 9.88. The Balaban J connectivity index is 3.66. The minimum atomic E-state index is -4.73. The summed E-state index contributed by atoms with van der Waals surface area (Å²) in [6, 6.07) is 0. The van der Waals surface area contributed by atoms with E-state index >= 15 is 0 Å². The van der Waals surface area contributed by atoms with Gasteiger partial charge < -0.3 is 5.11 Å². The molecule has 0 unspecified atom stereocenters. The van der Waals surface area contributed by atoms with Crippen molar-refractivity contribution in [2.24, 2.45) is 7.05 Å². The van der Waals surface area contributed by atoms with Crippen LogP contribution in [-0.4, -0.2) is 20.9 Å². The molecule has 17 heavy (non-hydrogen) atoms. The summed E-state index contributed by atoms with van der Waals surface area (Å²) < 4.78 is 39.4. The molecular weight excluding hydrogens is 237 g/mol. The number of carboxylic acids is 1. The zero-order valence-corrected chi connectivity index (χ0v) is 9.88. The van der Waals surface area contributed by atoms with Crippen LogP contribution < -0.4 is 0 Å². The van der Waals surface area contributed by atoms with Crippen molar-refractivity contribution in [1.82, 2.24) is 9.78 Å². The fourth-order valence-electron chi connectivity index (χ4n) is 1.56. The van der Waals surface area contributed by atoms with E-state index in [1.165, 1.54) is 7.05 Å². The van der Waals surface area contributed by atoms with E-state index < -0.39 is 28.8 Å². The molecule has 0 saturated carbocycles. The van der Waals surface area contributed by atoms with Crippen molar-refractivity contribution in [3.63, 3.8) is 0 Å². The van der Waals surface area contributed by atoms with Crippen molar-refractivity contribution < 1.29 is 23.1 Å². The van der Waals surface area contributed by atoms with E-state index in [4.69, 9.17) is 5.11 Å². The lowest BCUT2D eigenvalue weighted by molar-refractivity contribution is -0.139. The Labute approximate surface area is 96.0 Å². The fraction of sp³-hybridized carbons (Fsp3) is 0.600. The number of carboxylic acid groups (broad SMARTS) is 1. The number of carbonyl (C=O) groups is 1. The Bertz CT molecular complexity index is 455. The molecule has 0 aliphatic carbocycles. The minimum Gasteiger partial charge on any atom is -0.477 e. The highest BCUT2D eigenvalue weighted by molar-refractivity contribution is 5.88. The number of hydrogen-bond acceptors (Lipinski definition) is 2. The van der Waals surface area contributed by atoms with Crippen LogP contribution in [0.3, 0.4) is 0 Å². The Hall–Kier alpha value is -1.53. The molecule has 7 heteroatoms. The Kier molecular flexibility index (Phi) is 2.98. The van der Waals surface area contributed by atoms with E-state index in [0.29, 0.717) is 0 Å². The lowest BCUT2D eigenvalue weighted by Gasteiger charge is -2.18. The lowest BCUT2D eigenvalue weighted by Crippen LogP contribution is -2.20. The molecule has 0 amide bonds. The van der Waals surface area contributed by atoms with E-state index in [9.17, 15) is 18.0 Å². The summed E-state index contributed by atoms with van der Waals surface area (Å²) in [7, 11) is 1.19. The maximum atomic E-state index is 12.9. The molecule has 0 aliphatic heterocycles. The van der Waals surface area contributed by atoms with Crippen molar-refractivity contribution in [3.8, 4) is 0 Å². The van der Waals surface area contributed by atoms with Gasteiger partial charge in [0.2, 0.25) is 0 Å². The van der Waals surface area contributed by atoms with E-state index in [-0.39, 0.29) is 5.69 Å². The molecule has 0 bridgehead atoms. The smallest absolute Gasteiger partial charge is 0.420 e. The Morgan fingerprint density at radius 3 is 2.06 bits per heavy atom. The maximum Gasteiger partial charge on any atom is 0.420 e. The molecule has 1 heterocycles. The van der Waals surface area contributed by atoms with Crippen molar-refractivity contribution in [1.29, 1.82) is 0 Å². The van der Waals surface area contributed by atoms with Crippen molar-refractivity contribution in [2.75, 3.05) is 0 Å². The second-order valence-corrected chi connectivity index (χ2v) is 4.75. The van der Waals surface area contributed by atoms with Gasteiger partial charge in [0.25, 0.3) is 0 Å². The molecule has 1 N–H and O–H groups in total. The van der Waals surface area contributed by atoms with Crippen LogP contribution >= 0.6 is 0 Å². The van der Waals surface area contributed by atoms with Crippen LogP contribution in [0, 0.1) is 0 Å². The third-order valence-electron chi connectivity index (χ3n) is 2.24. The summed E-state index contributed by atoms with van der Waals surface area (Å²) in [5.74, 6) is -1.64. The van der Waals surface area contributed by atoms with Gasteiger partial charge >= 0.3 is 12.1 Å². The van der Waals surface area contributed by atoms with Gasteiger partial charge in [0.05, 0.1) is 5.69 Å². The third-order valence-corrected chi connectivity index (χ3v) is 2.24. The first-order valence-electron chi connectivity index (χ1n) is 4.84. The normalized spacial score (nSPS) is 12.9.